The molecule has 12 nitrogen and oxygen atoms in total. The third-order valence-corrected chi connectivity index (χ3v) is 7.72. The molecule has 4 aromatic rings. The van der Waals surface area contributed by atoms with Crippen molar-refractivity contribution < 1.29 is 17.7 Å². The van der Waals surface area contributed by atoms with Crippen molar-refractivity contribution in [3.8, 4) is 17.4 Å². The topological polar surface area (TPSA) is 151 Å². The number of sulfonamides is 1. The third kappa shape index (κ3) is 5.46. The summed E-state index contributed by atoms with van der Waals surface area (Å²) in [5.41, 5.74) is 1.21. The predicted octanol–water partition coefficient (Wildman–Crippen LogP) is 3.32. The van der Waals surface area contributed by atoms with Crippen LogP contribution in [0.4, 0.5) is 5.95 Å². The maximum atomic E-state index is 13.3. The van der Waals surface area contributed by atoms with Gasteiger partial charge in [0.05, 0.1) is 29.6 Å². The van der Waals surface area contributed by atoms with Crippen LogP contribution in [0.25, 0.3) is 11.5 Å². The summed E-state index contributed by atoms with van der Waals surface area (Å²) in [7, 11) is -2.44. The van der Waals surface area contributed by atoms with E-state index in [0.717, 1.165) is 5.69 Å². The average molecular weight is 533 g/mol. The fourth-order valence-corrected chi connectivity index (χ4v) is 4.73. The molecule has 0 unspecified atom stereocenters. The number of halogens is 1. The molecular weight excluding hydrogens is 508 g/mol. The van der Waals surface area contributed by atoms with Crippen LogP contribution in [0.15, 0.2) is 41.2 Å². The molecule has 0 aliphatic carbocycles. The first-order chi connectivity index (χ1) is 17.2. The van der Waals surface area contributed by atoms with E-state index < -0.39 is 21.2 Å². The number of ether oxygens (including phenoxy) is 1. The van der Waals surface area contributed by atoms with E-state index in [4.69, 9.17) is 20.9 Å². The summed E-state index contributed by atoms with van der Waals surface area (Å²) >= 11 is 5.86. The molecule has 4 aromatic heterocycles. The minimum atomic E-state index is -3.94. The molecule has 190 valence electrons. The lowest BCUT2D eigenvalue weighted by molar-refractivity contribution is 0.372. The van der Waals surface area contributed by atoms with Crippen LogP contribution in [0.3, 0.4) is 0 Å². The van der Waals surface area contributed by atoms with Crippen LogP contribution in [0.1, 0.15) is 44.0 Å². The first kappa shape index (κ1) is 25.5. The average Bonchev–Trinajstić information content (AvgIpc) is 3.50. The number of pyridine rings is 1. The van der Waals surface area contributed by atoms with E-state index >= 15 is 0 Å². The Balaban J connectivity index is 1.69. The lowest BCUT2D eigenvalue weighted by Gasteiger charge is -2.20. The quantitative estimate of drug-likeness (QED) is 0.322. The number of anilines is 1. The lowest BCUT2D eigenvalue weighted by atomic mass is 10.1. The molecule has 4 heterocycles. The van der Waals surface area contributed by atoms with Gasteiger partial charge in [0.25, 0.3) is 0 Å². The first-order valence-corrected chi connectivity index (χ1v) is 13.0. The summed E-state index contributed by atoms with van der Waals surface area (Å²) in [4.78, 5) is 12.7. The second kappa shape index (κ2) is 10.6. The minimum absolute atomic E-state index is 0.000132. The maximum absolute atomic E-state index is 13.3. The Hall–Kier alpha value is -3.58. The molecule has 0 aromatic carbocycles. The van der Waals surface area contributed by atoms with Gasteiger partial charge in [-0.25, -0.2) is 23.4 Å². The van der Waals surface area contributed by atoms with Crippen LogP contribution in [0, 0.1) is 0 Å². The monoisotopic (exact) mass is 532 g/mol. The van der Waals surface area contributed by atoms with Gasteiger partial charge in [-0.15, -0.1) is 10.2 Å². The summed E-state index contributed by atoms with van der Waals surface area (Å²) in [6, 6.07) is 6.97. The Bertz CT molecular complexity index is 1440. The van der Waals surface area contributed by atoms with E-state index in [0.29, 0.717) is 40.4 Å². The van der Waals surface area contributed by atoms with E-state index in [2.05, 4.69) is 35.0 Å². The van der Waals surface area contributed by atoms with Crippen molar-refractivity contribution in [1.29, 1.82) is 0 Å². The number of hydrogen-bond donors (Lipinski definition) is 1. The highest BCUT2D eigenvalue weighted by Gasteiger charge is 2.31. The lowest BCUT2D eigenvalue weighted by Crippen LogP contribution is -2.31. The van der Waals surface area contributed by atoms with Gasteiger partial charge in [-0.3, -0.25) is 9.29 Å². The zero-order chi connectivity index (χ0) is 25.9. The molecule has 4 rings (SSSR count). The van der Waals surface area contributed by atoms with Gasteiger partial charge in [-0.05, 0) is 19.4 Å². The third-order valence-electron chi connectivity index (χ3n) is 5.67. The standard InChI is InChI=1S/C22H25ClN8O4S/c1-5-16-9-17(35-29-16)12-31-21(18-7-6-8-19(26-18)34-4)27-28-22(31)30-36(32,33)14(3)13(2)20-24-10-15(23)11-25-20/h6-11,13-14H,5,12H2,1-4H3,(H,28,30)/t13-,14-/m0/s1. The molecule has 0 aliphatic heterocycles. The summed E-state index contributed by atoms with van der Waals surface area (Å²) in [6.07, 6.45) is 3.55. The van der Waals surface area contributed by atoms with Gasteiger partial charge in [0, 0.05) is 30.4 Å². The van der Waals surface area contributed by atoms with Gasteiger partial charge in [-0.1, -0.05) is 36.7 Å². The van der Waals surface area contributed by atoms with Crippen molar-refractivity contribution in [2.75, 3.05) is 11.8 Å². The molecule has 0 bridgehead atoms. The van der Waals surface area contributed by atoms with Crippen molar-refractivity contribution in [2.24, 2.45) is 0 Å². The molecule has 0 radical (unpaired) electrons. The van der Waals surface area contributed by atoms with Crippen molar-refractivity contribution in [2.45, 2.75) is 44.9 Å². The second-order valence-electron chi connectivity index (χ2n) is 8.04. The van der Waals surface area contributed by atoms with Crippen molar-refractivity contribution >= 4 is 27.6 Å². The smallest absolute Gasteiger partial charge is 0.239 e. The van der Waals surface area contributed by atoms with E-state index in [1.54, 1.807) is 42.7 Å². The number of nitrogens with zero attached hydrogens (tertiary/aromatic N) is 7. The number of nitrogens with one attached hydrogen (secondary N) is 1. The maximum Gasteiger partial charge on any atom is 0.239 e. The summed E-state index contributed by atoms with van der Waals surface area (Å²) in [6.45, 7) is 5.37. The highest BCUT2D eigenvalue weighted by Crippen LogP contribution is 2.26. The van der Waals surface area contributed by atoms with Crippen molar-refractivity contribution in [1.82, 2.24) is 34.9 Å². The van der Waals surface area contributed by atoms with Crippen LogP contribution in [-0.4, -0.2) is 55.7 Å². The first-order valence-electron chi connectivity index (χ1n) is 11.1. The van der Waals surface area contributed by atoms with Gasteiger partial charge in [-0.2, -0.15) is 0 Å². The van der Waals surface area contributed by atoms with E-state index in [1.807, 2.05) is 6.92 Å². The largest absolute Gasteiger partial charge is 0.481 e. The number of methoxy groups -OCH3 is 1. The summed E-state index contributed by atoms with van der Waals surface area (Å²) in [5.74, 6) is 1.03. The molecule has 2 atom stereocenters. The van der Waals surface area contributed by atoms with Gasteiger partial charge in [0.1, 0.15) is 11.5 Å². The molecule has 0 spiro atoms. The highest BCUT2D eigenvalue weighted by molar-refractivity contribution is 7.93. The van der Waals surface area contributed by atoms with Crippen LogP contribution < -0.4 is 9.46 Å². The molecule has 0 saturated heterocycles. The fraction of sp³-hybridized carbons (Fsp3) is 0.364. The zero-order valence-corrected chi connectivity index (χ0v) is 21.7. The van der Waals surface area contributed by atoms with Gasteiger partial charge in [0.2, 0.25) is 21.9 Å². The van der Waals surface area contributed by atoms with Crippen LogP contribution in [-0.2, 0) is 23.0 Å². The Kier molecular flexibility index (Phi) is 7.50. The summed E-state index contributed by atoms with van der Waals surface area (Å²) in [5, 5.41) is 11.8. The van der Waals surface area contributed by atoms with Gasteiger partial charge >= 0.3 is 0 Å². The van der Waals surface area contributed by atoms with Crippen molar-refractivity contribution in [3.63, 3.8) is 0 Å². The fourth-order valence-electron chi connectivity index (χ4n) is 3.38. The molecule has 0 amide bonds. The number of aryl methyl sites for hydroxylation is 1. The second-order valence-corrected chi connectivity index (χ2v) is 10.5. The van der Waals surface area contributed by atoms with E-state index in [1.165, 1.54) is 19.5 Å². The van der Waals surface area contributed by atoms with Gasteiger partial charge in [0.15, 0.2) is 11.6 Å². The highest BCUT2D eigenvalue weighted by atomic mass is 35.5. The molecule has 36 heavy (non-hydrogen) atoms. The van der Waals surface area contributed by atoms with Crippen LogP contribution in [0.5, 0.6) is 5.88 Å². The predicted molar refractivity (Wildman–Crippen MR) is 132 cm³/mol. The van der Waals surface area contributed by atoms with Crippen LogP contribution >= 0.6 is 11.6 Å². The Morgan fingerprint density at radius 2 is 1.94 bits per heavy atom. The van der Waals surface area contributed by atoms with Crippen LogP contribution in [0.2, 0.25) is 5.02 Å². The Morgan fingerprint density at radius 1 is 1.19 bits per heavy atom. The zero-order valence-electron chi connectivity index (χ0n) is 20.1. The molecule has 14 heteroatoms. The number of aromatic nitrogens is 7. The number of hydrogen-bond acceptors (Lipinski definition) is 10. The molecule has 0 aliphatic rings. The van der Waals surface area contributed by atoms with Crippen molar-refractivity contribution in [3.05, 3.63) is 59.0 Å². The number of rotatable bonds is 10. The Labute approximate surface area is 213 Å². The minimum Gasteiger partial charge on any atom is -0.481 e. The molecular formula is C22H25ClN8O4S. The van der Waals surface area contributed by atoms with E-state index in [-0.39, 0.29) is 12.5 Å². The Morgan fingerprint density at radius 3 is 2.61 bits per heavy atom. The SMILES string of the molecule is CCc1cc(Cn2c(NS(=O)(=O)[C@@H](C)[C@H](C)c3ncc(Cl)cn3)nnc2-c2cccc(OC)n2)on1. The summed E-state index contributed by atoms with van der Waals surface area (Å²) < 4.78 is 41.5. The van der Waals surface area contributed by atoms with E-state index in [9.17, 15) is 8.42 Å². The molecule has 0 saturated carbocycles. The molecule has 1 N–H and O–H groups in total. The molecule has 0 fully saturated rings. The normalized spacial score (nSPS) is 13.4. The van der Waals surface area contributed by atoms with Gasteiger partial charge < -0.3 is 9.26 Å².